The topological polar surface area (TPSA) is 29.1 Å². The highest BCUT2D eigenvalue weighted by Gasteiger charge is 2.25. The van der Waals surface area contributed by atoms with Crippen molar-refractivity contribution in [3.8, 4) is 0 Å². The second-order valence-electron chi connectivity index (χ2n) is 4.58. The summed E-state index contributed by atoms with van der Waals surface area (Å²) in [7, 11) is 0. The summed E-state index contributed by atoms with van der Waals surface area (Å²) in [6.07, 6.45) is 6.68. The Balaban J connectivity index is 2.07. The minimum Gasteiger partial charge on any atom is -0.348 e. The van der Waals surface area contributed by atoms with Crippen molar-refractivity contribution in [3.63, 3.8) is 0 Å². The quantitative estimate of drug-likeness (QED) is 0.675. The van der Waals surface area contributed by atoms with Gasteiger partial charge in [0.15, 0.2) is 0 Å². The molecular weight excluding hydrogens is 310 g/mol. The third-order valence-electron chi connectivity index (χ3n) is 3.35. The number of carbonyl (C=O) groups is 1. The van der Waals surface area contributed by atoms with E-state index in [1.165, 1.54) is 12.8 Å². The summed E-state index contributed by atoms with van der Waals surface area (Å²) in [6, 6.07) is 8.04. The molecule has 2 nitrogen and oxygen atoms in total. The number of nitrogens with one attached hydrogen (secondary N) is 1. The van der Waals surface area contributed by atoms with Gasteiger partial charge in [0.25, 0.3) is 5.91 Å². The van der Waals surface area contributed by atoms with Crippen LogP contribution in [-0.2, 0) is 0 Å². The summed E-state index contributed by atoms with van der Waals surface area (Å²) in [6.45, 7) is 0. The maximum atomic E-state index is 12.3. The highest BCUT2D eigenvalue weighted by molar-refractivity contribution is 9.09. The van der Waals surface area contributed by atoms with Crippen molar-refractivity contribution in [2.75, 3.05) is 6.26 Å². The van der Waals surface area contributed by atoms with Crippen LogP contribution in [-0.4, -0.2) is 23.0 Å². The first-order valence-corrected chi connectivity index (χ1v) is 8.44. The van der Waals surface area contributed by atoms with Crippen LogP contribution < -0.4 is 5.32 Å². The van der Waals surface area contributed by atoms with E-state index in [4.69, 9.17) is 0 Å². The minimum absolute atomic E-state index is 0.0521. The van der Waals surface area contributed by atoms with Crippen LogP contribution in [0.1, 0.15) is 36.0 Å². The molecule has 2 rings (SSSR count). The molecular formula is C14H18BrNOS. The second kappa shape index (κ2) is 6.62. The van der Waals surface area contributed by atoms with Gasteiger partial charge in [-0.2, -0.15) is 0 Å². The zero-order valence-corrected chi connectivity index (χ0v) is 12.9. The third kappa shape index (κ3) is 3.29. The Morgan fingerprint density at radius 3 is 2.78 bits per heavy atom. The van der Waals surface area contributed by atoms with Gasteiger partial charge in [0.1, 0.15) is 0 Å². The van der Waals surface area contributed by atoms with Crippen LogP contribution >= 0.6 is 27.7 Å². The molecule has 1 aromatic carbocycles. The van der Waals surface area contributed by atoms with Gasteiger partial charge in [-0.15, -0.1) is 11.8 Å². The fourth-order valence-corrected chi connectivity index (χ4v) is 3.64. The van der Waals surface area contributed by atoms with Gasteiger partial charge >= 0.3 is 0 Å². The molecule has 0 heterocycles. The highest BCUT2D eigenvalue weighted by atomic mass is 79.9. The van der Waals surface area contributed by atoms with E-state index in [1.54, 1.807) is 11.8 Å². The third-order valence-corrected chi connectivity index (χ3v) is 5.24. The van der Waals surface area contributed by atoms with Crippen LogP contribution in [0.4, 0.5) is 0 Å². The number of alkyl halides is 1. The number of carbonyl (C=O) groups excluding carboxylic acids is 1. The molecule has 1 aliphatic rings. The van der Waals surface area contributed by atoms with Gasteiger partial charge in [0.2, 0.25) is 0 Å². The standard InChI is InChI=1S/C14H18BrNOS/c1-18-13-9-5-2-6-10(13)14(17)16-12-8-4-3-7-11(12)15/h2,5-6,9,11-12H,3-4,7-8H2,1H3,(H,16,17). The monoisotopic (exact) mass is 327 g/mol. The predicted octanol–water partition coefficient (Wildman–Crippen LogP) is 3.84. The summed E-state index contributed by atoms with van der Waals surface area (Å²) in [4.78, 5) is 13.7. The molecule has 2 unspecified atom stereocenters. The van der Waals surface area contributed by atoms with Gasteiger partial charge in [0, 0.05) is 15.8 Å². The Labute approximate surface area is 121 Å². The predicted molar refractivity (Wildman–Crippen MR) is 80.7 cm³/mol. The highest BCUT2D eigenvalue weighted by Crippen LogP contribution is 2.26. The fraction of sp³-hybridized carbons (Fsp3) is 0.500. The SMILES string of the molecule is CSc1ccccc1C(=O)NC1CCCCC1Br. The lowest BCUT2D eigenvalue weighted by Crippen LogP contribution is -2.42. The molecule has 0 bridgehead atoms. The average molecular weight is 328 g/mol. The Morgan fingerprint density at radius 2 is 2.06 bits per heavy atom. The first kappa shape index (κ1) is 13.9. The van der Waals surface area contributed by atoms with E-state index in [2.05, 4.69) is 21.2 Å². The molecule has 18 heavy (non-hydrogen) atoms. The Kier molecular flexibility index (Phi) is 5.13. The van der Waals surface area contributed by atoms with Crippen LogP contribution in [0.15, 0.2) is 29.2 Å². The van der Waals surface area contributed by atoms with Crippen molar-refractivity contribution in [1.82, 2.24) is 5.32 Å². The number of thioether (sulfide) groups is 1. The van der Waals surface area contributed by atoms with Crippen LogP contribution in [0.5, 0.6) is 0 Å². The Bertz CT molecular complexity index is 424. The number of hydrogen-bond acceptors (Lipinski definition) is 2. The molecule has 0 radical (unpaired) electrons. The van der Waals surface area contributed by atoms with Crippen molar-refractivity contribution >= 4 is 33.6 Å². The smallest absolute Gasteiger partial charge is 0.252 e. The molecule has 1 saturated carbocycles. The van der Waals surface area contributed by atoms with E-state index in [0.717, 1.165) is 23.3 Å². The van der Waals surface area contributed by atoms with Crippen molar-refractivity contribution in [3.05, 3.63) is 29.8 Å². The molecule has 1 amide bonds. The van der Waals surface area contributed by atoms with Gasteiger partial charge in [-0.25, -0.2) is 0 Å². The maximum Gasteiger partial charge on any atom is 0.252 e. The Hall–Kier alpha value is -0.480. The summed E-state index contributed by atoms with van der Waals surface area (Å²) in [5.41, 5.74) is 0.787. The second-order valence-corrected chi connectivity index (χ2v) is 6.60. The molecule has 2 atom stereocenters. The van der Waals surface area contributed by atoms with E-state index >= 15 is 0 Å². The summed E-state index contributed by atoms with van der Waals surface area (Å²) < 4.78 is 0. The minimum atomic E-state index is 0.0521. The van der Waals surface area contributed by atoms with Crippen molar-refractivity contribution < 1.29 is 4.79 Å². The van der Waals surface area contributed by atoms with Crippen LogP contribution in [0.25, 0.3) is 0 Å². The van der Waals surface area contributed by atoms with Gasteiger partial charge in [-0.3, -0.25) is 4.79 Å². The lowest BCUT2D eigenvalue weighted by molar-refractivity contribution is 0.0927. The summed E-state index contributed by atoms with van der Waals surface area (Å²) in [5, 5.41) is 3.16. The van der Waals surface area contributed by atoms with E-state index in [0.29, 0.717) is 4.83 Å². The molecule has 1 N–H and O–H groups in total. The van der Waals surface area contributed by atoms with Gasteiger partial charge in [-0.05, 0) is 31.2 Å². The van der Waals surface area contributed by atoms with Crippen molar-refractivity contribution in [2.45, 2.75) is 41.4 Å². The largest absolute Gasteiger partial charge is 0.348 e. The summed E-state index contributed by atoms with van der Waals surface area (Å²) in [5.74, 6) is 0.0521. The first-order chi connectivity index (χ1) is 8.72. The van der Waals surface area contributed by atoms with Gasteiger partial charge < -0.3 is 5.32 Å². The fourth-order valence-electron chi connectivity index (χ4n) is 2.33. The van der Waals surface area contributed by atoms with Crippen LogP contribution in [0.2, 0.25) is 0 Å². The summed E-state index contributed by atoms with van der Waals surface area (Å²) >= 11 is 5.29. The normalized spacial score (nSPS) is 23.7. The number of hydrogen-bond donors (Lipinski definition) is 1. The van der Waals surface area contributed by atoms with Crippen LogP contribution in [0, 0.1) is 0 Å². The zero-order valence-electron chi connectivity index (χ0n) is 10.5. The molecule has 1 aliphatic carbocycles. The lowest BCUT2D eigenvalue weighted by atomic mass is 9.95. The van der Waals surface area contributed by atoms with Crippen molar-refractivity contribution in [2.24, 2.45) is 0 Å². The van der Waals surface area contributed by atoms with Gasteiger partial charge in [0.05, 0.1) is 5.56 Å². The number of benzene rings is 1. The number of halogens is 1. The number of rotatable bonds is 3. The maximum absolute atomic E-state index is 12.3. The lowest BCUT2D eigenvalue weighted by Gasteiger charge is -2.28. The van der Waals surface area contributed by atoms with Crippen molar-refractivity contribution in [1.29, 1.82) is 0 Å². The molecule has 98 valence electrons. The van der Waals surface area contributed by atoms with E-state index in [9.17, 15) is 4.79 Å². The average Bonchev–Trinajstić information content (AvgIpc) is 2.41. The zero-order chi connectivity index (χ0) is 13.0. The Morgan fingerprint density at radius 1 is 1.33 bits per heavy atom. The first-order valence-electron chi connectivity index (χ1n) is 6.30. The van der Waals surface area contributed by atoms with Gasteiger partial charge in [-0.1, -0.05) is 40.9 Å². The molecule has 1 fully saturated rings. The van der Waals surface area contributed by atoms with Crippen LogP contribution in [0.3, 0.4) is 0 Å². The van der Waals surface area contributed by atoms with E-state index in [-0.39, 0.29) is 11.9 Å². The molecule has 0 spiro atoms. The molecule has 0 aromatic heterocycles. The molecule has 0 saturated heterocycles. The van der Waals surface area contributed by atoms with E-state index < -0.39 is 0 Å². The molecule has 1 aromatic rings. The van der Waals surface area contributed by atoms with E-state index in [1.807, 2.05) is 30.5 Å². The number of amides is 1. The molecule has 0 aliphatic heterocycles. The molecule has 4 heteroatoms.